The van der Waals surface area contributed by atoms with Gasteiger partial charge in [-0.25, -0.2) is 19.3 Å². The maximum atomic E-state index is 13.3. The molecule has 0 atom stereocenters. The largest absolute Gasteiger partial charge is 0.494 e. The zero-order valence-electron chi connectivity index (χ0n) is 14.8. The summed E-state index contributed by atoms with van der Waals surface area (Å²) in [5.41, 5.74) is 2.45. The molecule has 7 nitrogen and oxygen atoms in total. The molecule has 2 aromatic heterocycles. The summed E-state index contributed by atoms with van der Waals surface area (Å²) in [5.74, 6) is 1.78. The number of aryl methyl sites for hydroxylation is 1. The lowest BCUT2D eigenvalue weighted by Gasteiger charge is -2.12. The fourth-order valence-electron chi connectivity index (χ4n) is 2.88. The van der Waals surface area contributed by atoms with Gasteiger partial charge in [-0.1, -0.05) is 12.1 Å². The Kier molecular flexibility index (Phi) is 4.37. The van der Waals surface area contributed by atoms with E-state index < -0.39 is 0 Å². The number of nitrogens with one attached hydrogen (secondary N) is 1. The maximum absolute atomic E-state index is 13.3. The number of methoxy groups -OCH3 is 1. The van der Waals surface area contributed by atoms with Crippen LogP contribution in [-0.2, 0) is 13.6 Å². The molecule has 0 saturated carbocycles. The Labute approximate surface area is 154 Å². The first kappa shape index (κ1) is 16.9. The molecule has 0 bridgehead atoms. The van der Waals surface area contributed by atoms with E-state index in [2.05, 4.69) is 25.4 Å². The Hall–Kier alpha value is -3.55. The van der Waals surface area contributed by atoms with Gasteiger partial charge < -0.3 is 10.1 Å². The summed E-state index contributed by atoms with van der Waals surface area (Å²) in [6.07, 6.45) is 2.99. The van der Waals surface area contributed by atoms with Crippen molar-refractivity contribution >= 4 is 16.7 Å². The molecule has 0 aliphatic carbocycles. The molecule has 0 radical (unpaired) electrons. The number of fused-ring (bicyclic) bond motifs is 1. The summed E-state index contributed by atoms with van der Waals surface area (Å²) in [7, 11) is 3.43. The first-order chi connectivity index (χ1) is 13.2. The average molecular weight is 364 g/mol. The minimum Gasteiger partial charge on any atom is -0.494 e. The lowest BCUT2D eigenvalue weighted by atomic mass is 10.0. The van der Waals surface area contributed by atoms with Crippen LogP contribution in [0.5, 0.6) is 5.75 Å². The fraction of sp³-hybridized carbons (Fsp3) is 0.158. The molecule has 0 amide bonds. The van der Waals surface area contributed by atoms with Gasteiger partial charge in [0.25, 0.3) is 0 Å². The lowest BCUT2D eigenvalue weighted by molar-refractivity contribution is 0.419. The zero-order valence-corrected chi connectivity index (χ0v) is 14.8. The second-order valence-electron chi connectivity index (χ2n) is 5.96. The highest BCUT2D eigenvalue weighted by atomic mass is 19.1. The van der Waals surface area contributed by atoms with Gasteiger partial charge >= 0.3 is 0 Å². The predicted octanol–water partition coefficient (Wildman–Crippen LogP) is 3.19. The lowest BCUT2D eigenvalue weighted by Crippen LogP contribution is -2.08. The molecule has 0 fully saturated rings. The van der Waals surface area contributed by atoms with Crippen LogP contribution in [0.2, 0.25) is 0 Å². The number of anilines is 1. The molecule has 2 aromatic carbocycles. The van der Waals surface area contributed by atoms with Crippen molar-refractivity contribution in [2.75, 3.05) is 12.4 Å². The number of aromatic nitrogens is 5. The summed E-state index contributed by atoms with van der Waals surface area (Å²) in [4.78, 5) is 12.9. The number of benzene rings is 2. The van der Waals surface area contributed by atoms with E-state index in [-0.39, 0.29) is 5.82 Å². The number of hydrogen-bond donors (Lipinski definition) is 1. The van der Waals surface area contributed by atoms with Gasteiger partial charge in [-0.3, -0.25) is 4.68 Å². The summed E-state index contributed by atoms with van der Waals surface area (Å²) >= 11 is 0. The van der Waals surface area contributed by atoms with E-state index >= 15 is 0 Å². The standard InChI is InChI=1S/C19H17FN6O/c1-26-17(22-11-25-26)9-21-19-15-7-13(12-3-5-14(20)6-4-12)8-16(27-2)18(15)23-10-24-19/h3-8,10-11H,9H2,1-2H3,(H,21,23,24). The molecule has 0 aliphatic heterocycles. The van der Waals surface area contributed by atoms with Crippen molar-refractivity contribution in [3.63, 3.8) is 0 Å². The van der Waals surface area contributed by atoms with Crippen LogP contribution in [0.25, 0.3) is 22.0 Å². The van der Waals surface area contributed by atoms with E-state index in [1.54, 1.807) is 23.9 Å². The Morgan fingerprint density at radius 3 is 2.56 bits per heavy atom. The molecule has 2 heterocycles. The van der Waals surface area contributed by atoms with Gasteiger partial charge in [0.15, 0.2) is 0 Å². The van der Waals surface area contributed by atoms with Crippen LogP contribution in [0.15, 0.2) is 49.1 Å². The molecule has 8 heteroatoms. The van der Waals surface area contributed by atoms with Crippen molar-refractivity contribution < 1.29 is 9.13 Å². The Bertz CT molecular complexity index is 1090. The number of hydrogen-bond acceptors (Lipinski definition) is 6. The highest BCUT2D eigenvalue weighted by Crippen LogP contribution is 2.34. The quantitative estimate of drug-likeness (QED) is 0.586. The molecule has 0 unspecified atom stereocenters. The Morgan fingerprint density at radius 1 is 1.04 bits per heavy atom. The van der Waals surface area contributed by atoms with E-state index in [1.165, 1.54) is 24.8 Å². The van der Waals surface area contributed by atoms with Gasteiger partial charge in [-0.05, 0) is 35.4 Å². The maximum Gasteiger partial charge on any atom is 0.145 e. The number of nitrogens with zero attached hydrogens (tertiary/aromatic N) is 5. The van der Waals surface area contributed by atoms with Crippen LogP contribution >= 0.6 is 0 Å². The summed E-state index contributed by atoms with van der Waals surface area (Å²) in [5, 5.41) is 8.15. The fourth-order valence-corrected chi connectivity index (χ4v) is 2.88. The molecule has 136 valence electrons. The number of halogens is 1. The van der Waals surface area contributed by atoms with E-state index in [4.69, 9.17) is 4.74 Å². The van der Waals surface area contributed by atoms with Gasteiger partial charge in [-0.2, -0.15) is 5.10 Å². The van der Waals surface area contributed by atoms with Crippen molar-refractivity contribution in [3.05, 3.63) is 60.7 Å². The third-order valence-corrected chi connectivity index (χ3v) is 4.32. The smallest absolute Gasteiger partial charge is 0.145 e. The topological polar surface area (TPSA) is 77.8 Å². The molecule has 27 heavy (non-hydrogen) atoms. The zero-order chi connectivity index (χ0) is 18.8. The molecule has 0 saturated heterocycles. The minimum atomic E-state index is -0.277. The SMILES string of the molecule is COc1cc(-c2ccc(F)cc2)cc2c(NCc3ncnn3C)ncnc12. The van der Waals surface area contributed by atoms with Gasteiger partial charge in [-0.15, -0.1) is 0 Å². The van der Waals surface area contributed by atoms with E-state index in [9.17, 15) is 4.39 Å². The monoisotopic (exact) mass is 364 g/mol. The molecular weight excluding hydrogens is 347 g/mol. The van der Waals surface area contributed by atoms with Crippen molar-refractivity contribution in [3.8, 4) is 16.9 Å². The predicted molar refractivity (Wildman–Crippen MR) is 99.8 cm³/mol. The summed E-state index contributed by atoms with van der Waals surface area (Å²) < 4.78 is 20.5. The molecule has 4 rings (SSSR count). The second-order valence-corrected chi connectivity index (χ2v) is 5.96. The van der Waals surface area contributed by atoms with Crippen molar-refractivity contribution in [2.24, 2.45) is 7.05 Å². The number of rotatable bonds is 5. The minimum absolute atomic E-state index is 0.277. The van der Waals surface area contributed by atoms with E-state index in [0.717, 1.165) is 22.3 Å². The second kappa shape index (κ2) is 6.99. The average Bonchev–Trinajstić information content (AvgIpc) is 3.10. The third kappa shape index (κ3) is 3.29. The number of ether oxygens (including phenoxy) is 1. The molecule has 0 spiro atoms. The first-order valence-corrected chi connectivity index (χ1v) is 8.31. The van der Waals surface area contributed by atoms with E-state index in [1.807, 2.05) is 19.2 Å². The summed E-state index contributed by atoms with van der Waals surface area (Å²) in [6.45, 7) is 0.464. The molecule has 1 N–H and O–H groups in total. The van der Waals surface area contributed by atoms with Crippen LogP contribution < -0.4 is 10.1 Å². The van der Waals surface area contributed by atoms with Crippen LogP contribution in [0.4, 0.5) is 10.2 Å². The summed E-state index contributed by atoms with van der Waals surface area (Å²) in [6, 6.07) is 10.2. The highest BCUT2D eigenvalue weighted by Gasteiger charge is 2.12. The first-order valence-electron chi connectivity index (χ1n) is 8.31. The van der Waals surface area contributed by atoms with Crippen LogP contribution in [0.3, 0.4) is 0 Å². The third-order valence-electron chi connectivity index (χ3n) is 4.32. The molecule has 0 aliphatic rings. The van der Waals surface area contributed by atoms with Gasteiger partial charge in [0.1, 0.15) is 41.4 Å². The Morgan fingerprint density at radius 2 is 1.85 bits per heavy atom. The van der Waals surface area contributed by atoms with Gasteiger partial charge in [0.2, 0.25) is 0 Å². The Balaban J connectivity index is 1.78. The van der Waals surface area contributed by atoms with Crippen molar-refractivity contribution in [1.82, 2.24) is 24.7 Å². The normalized spacial score (nSPS) is 10.9. The van der Waals surface area contributed by atoms with Crippen LogP contribution in [0, 0.1) is 5.82 Å². The van der Waals surface area contributed by atoms with Gasteiger partial charge in [0.05, 0.1) is 13.7 Å². The van der Waals surface area contributed by atoms with Gasteiger partial charge in [0, 0.05) is 12.4 Å². The van der Waals surface area contributed by atoms with E-state index in [0.29, 0.717) is 23.6 Å². The highest BCUT2D eigenvalue weighted by molar-refractivity contribution is 5.96. The van der Waals surface area contributed by atoms with Crippen LogP contribution in [-0.4, -0.2) is 31.8 Å². The molecular formula is C19H17FN6O. The van der Waals surface area contributed by atoms with Crippen molar-refractivity contribution in [2.45, 2.75) is 6.54 Å². The molecule has 4 aromatic rings. The van der Waals surface area contributed by atoms with Crippen molar-refractivity contribution in [1.29, 1.82) is 0 Å². The van der Waals surface area contributed by atoms with Crippen LogP contribution in [0.1, 0.15) is 5.82 Å².